The Morgan fingerprint density at radius 1 is 1.56 bits per heavy atom. The summed E-state index contributed by atoms with van der Waals surface area (Å²) in [4.78, 5) is 14.0. The fourth-order valence-electron chi connectivity index (χ4n) is 2.71. The predicted octanol–water partition coefficient (Wildman–Crippen LogP) is 1.32. The first-order valence-corrected chi connectivity index (χ1v) is 6.09. The number of hydrogen-bond acceptors (Lipinski definition) is 3. The maximum absolute atomic E-state index is 12.3. The first-order valence-electron chi connectivity index (χ1n) is 6.09. The maximum Gasteiger partial charge on any atom is 0.229 e. The van der Waals surface area contributed by atoms with Crippen LogP contribution in [0.1, 0.15) is 32.6 Å². The molecule has 3 unspecified atom stereocenters. The van der Waals surface area contributed by atoms with E-state index in [4.69, 9.17) is 10.00 Å². The smallest absolute Gasteiger partial charge is 0.229 e. The van der Waals surface area contributed by atoms with Crippen LogP contribution in [0.2, 0.25) is 0 Å². The zero-order valence-corrected chi connectivity index (χ0v) is 9.69. The van der Waals surface area contributed by atoms with Gasteiger partial charge in [-0.2, -0.15) is 5.26 Å². The summed E-state index contributed by atoms with van der Waals surface area (Å²) in [5.41, 5.74) is 0. The summed E-state index contributed by atoms with van der Waals surface area (Å²) in [5.74, 6) is 0.118. The van der Waals surface area contributed by atoms with Crippen molar-refractivity contribution >= 4 is 5.91 Å². The van der Waals surface area contributed by atoms with Gasteiger partial charge >= 0.3 is 0 Å². The molecule has 2 heterocycles. The lowest BCUT2D eigenvalue weighted by Crippen LogP contribution is -2.41. The number of nitrogens with zero attached hydrogens (tertiary/aromatic N) is 2. The van der Waals surface area contributed by atoms with E-state index in [-0.39, 0.29) is 24.0 Å². The fraction of sp³-hybridized carbons (Fsp3) is 0.833. The predicted molar refractivity (Wildman–Crippen MR) is 58.5 cm³/mol. The van der Waals surface area contributed by atoms with E-state index < -0.39 is 0 Å². The van der Waals surface area contributed by atoms with Crippen LogP contribution in [-0.2, 0) is 9.53 Å². The van der Waals surface area contributed by atoms with Gasteiger partial charge in [-0.05, 0) is 25.7 Å². The summed E-state index contributed by atoms with van der Waals surface area (Å²) >= 11 is 0. The molecule has 0 spiro atoms. The average molecular weight is 222 g/mol. The van der Waals surface area contributed by atoms with Gasteiger partial charge in [-0.25, -0.2) is 0 Å². The molecule has 2 aliphatic rings. The Kier molecular flexibility index (Phi) is 3.45. The van der Waals surface area contributed by atoms with E-state index in [1.54, 1.807) is 4.90 Å². The van der Waals surface area contributed by atoms with Crippen molar-refractivity contribution in [1.82, 2.24) is 4.90 Å². The van der Waals surface area contributed by atoms with Crippen molar-refractivity contribution in [3.05, 3.63) is 0 Å². The SMILES string of the molecule is CCC1OCCC1C(=O)N1CCCC1C#N. The molecule has 0 aliphatic carbocycles. The highest BCUT2D eigenvalue weighted by atomic mass is 16.5. The molecule has 16 heavy (non-hydrogen) atoms. The summed E-state index contributed by atoms with van der Waals surface area (Å²) in [6.45, 7) is 3.46. The molecular weight excluding hydrogens is 204 g/mol. The Hall–Kier alpha value is -1.08. The summed E-state index contributed by atoms with van der Waals surface area (Å²) in [5, 5.41) is 8.98. The van der Waals surface area contributed by atoms with E-state index in [0.29, 0.717) is 6.61 Å². The van der Waals surface area contributed by atoms with Crippen molar-refractivity contribution in [3.8, 4) is 6.07 Å². The number of carbonyl (C=O) groups excluding carboxylic acids is 1. The van der Waals surface area contributed by atoms with Crippen molar-refractivity contribution in [2.24, 2.45) is 5.92 Å². The molecule has 4 nitrogen and oxygen atoms in total. The molecule has 2 rings (SSSR count). The number of amides is 1. The first kappa shape index (κ1) is 11.4. The van der Waals surface area contributed by atoms with Crippen LogP contribution >= 0.6 is 0 Å². The Bertz CT molecular complexity index is 311. The Balaban J connectivity index is 2.04. The molecule has 2 saturated heterocycles. The van der Waals surface area contributed by atoms with Gasteiger partial charge in [0.2, 0.25) is 5.91 Å². The van der Waals surface area contributed by atoms with E-state index in [1.165, 1.54) is 0 Å². The first-order chi connectivity index (χ1) is 7.77. The second-order valence-corrected chi connectivity index (χ2v) is 4.53. The van der Waals surface area contributed by atoms with Gasteiger partial charge in [-0.15, -0.1) is 0 Å². The fourth-order valence-corrected chi connectivity index (χ4v) is 2.71. The number of nitriles is 1. The average Bonchev–Trinajstić information content (AvgIpc) is 2.96. The summed E-state index contributed by atoms with van der Waals surface area (Å²) in [7, 11) is 0. The molecular formula is C12H18N2O2. The van der Waals surface area contributed by atoms with E-state index in [2.05, 4.69) is 6.07 Å². The van der Waals surface area contributed by atoms with Gasteiger partial charge in [0.15, 0.2) is 0 Å². The quantitative estimate of drug-likeness (QED) is 0.708. The number of hydrogen-bond donors (Lipinski definition) is 0. The minimum atomic E-state index is -0.203. The zero-order chi connectivity index (χ0) is 11.5. The van der Waals surface area contributed by atoms with Gasteiger partial charge in [0.05, 0.1) is 18.1 Å². The minimum Gasteiger partial charge on any atom is -0.377 e. The standard InChI is InChI=1S/C12H18N2O2/c1-2-11-10(5-7-16-11)12(15)14-6-3-4-9(14)8-13/h9-11H,2-7H2,1H3. The van der Waals surface area contributed by atoms with E-state index >= 15 is 0 Å². The van der Waals surface area contributed by atoms with Gasteiger partial charge < -0.3 is 9.64 Å². The molecule has 0 N–H and O–H groups in total. The molecule has 3 atom stereocenters. The summed E-state index contributed by atoms with van der Waals surface area (Å²) in [6.07, 6.45) is 3.53. The monoisotopic (exact) mass is 222 g/mol. The summed E-state index contributed by atoms with van der Waals surface area (Å²) < 4.78 is 5.53. The van der Waals surface area contributed by atoms with Crippen LogP contribution in [-0.4, -0.2) is 36.1 Å². The number of rotatable bonds is 2. The Morgan fingerprint density at radius 2 is 2.38 bits per heavy atom. The third-order valence-corrected chi connectivity index (χ3v) is 3.61. The normalized spacial score (nSPS) is 34.0. The van der Waals surface area contributed by atoms with Gasteiger partial charge in [0, 0.05) is 13.2 Å². The van der Waals surface area contributed by atoms with Crippen LogP contribution in [0.5, 0.6) is 0 Å². The van der Waals surface area contributed by atoms with Crippen molar-refractivity contribution in [3.63, 3.8) is 0 Å². The molecule has 0 radical (unpaired) electrons. The van der Waals surface area contributed by atoms with Crippen molar-refractivity contribution in [2.45, 2.75) is 44.8 Å². The van der Waals surface area contributed by atoms with E-state index in [0.717, 1.165) is 32.2 Å². The van der Waals surface area contributed by atoms with Crippen LogP contribution < -0.4 is 0 Å². The Labute approximate surface area is 96.2 Å². The van der Waals surface area contributed by atoms with Crippen molar-refractivity contribution < 1.29 is 9.53 Å². The lowest BCUT2D eigenvalue weighted by Gasteiger charge is -2.25. The molecule has 4 heteroatoms. The summed E-state index contributed by atoms with van der Waals surface area (Å²) in [6, 6.07) is 2.01. The van der Waals surface area contributed by atoms with Crippen LogP contribution in [0.25, 0.3) is 0 Å². The molecule has 1 amide bonds. The van der Waals surface area contributed by atoms with Gasteiger partial charge in [0.1, 0.15) is 6.04 Å². The molecule has 2 fully saturated rings. The lowest BCUT2D eigenvalue weighted by molar-refractivity contribution is -0.137. The van der Waals surface area contributed by atoms with Gasteiger partial charge in [0.25, 0.3) is 0 Å². The second-order valence-electron chi connectivity index (χ2n) is 4.53. The molecule has 2 aliphatic heterocycles. The Morgan fingerprint density at radius 3 is 3.06 bits per heavy atom. The van der Waals surface area contributed by atoms with Crippen LogP contribution in [0.15, 0.2) is 0 Å². The highest BCUT2D eigenvalue weighted by molar-refractivity contribution is 5.80. The third-order valence-electron chi connectivity index (χ3n) is 3.61. The molecule has 88 valence electrons. The van der Waals surface area contributed by atoms with Crippen molar-refractivity contribution in [1.29, 1.82) is 5.26 Å². The van der Waals surface area contributed by atoms with Crippen molar-refractivity contribution in [2.75, 3.05) is 13.2 Å². The van der Waals surface area contributed by atoms with Gasteiger partial charge in [-0.3, -0.25) is 4.79 Å². The molecule has 0 aromatic rings. The minimum absolute atomic E-state index is 0.0149. The molecule has 0 bridgehead atoms. The maximum atomic E-state index is 12.3. The van der Waals surface area contributed by atoms with Gasteiger partial charge in [-0.1, -0.05) is 6.92 Å². The second kappa shape index (κ2) is 4.84. The third kappa shape index (κ3) is 1.92. The highest BCUT2D eigenvalue weighted by Crippen LogP contribution is 2.28. The lowest BCUT2D eigenvalue weighted by atomic mass is 9.97. The molecule has 0 aromatic carbocycles. The zero-order valence-electron chi connectivity index (χ0n) is 9.69. The molecule has 0 aromatic heterocycles. The highest BCUT2D eigenvalue weighted by Gasteiger charge is 2.39. The van der Waals surface area contributed by atoms with Crippen LogP contribution in [0, 0.1) is 17.2 Å². The number of ether oxygens (including phenoxy) is 1. The topological polar surface area (TPSA) is 53.3 Å². The van der Waals surface area contributed by atoms with Crippen LogP contribution in [0.3, 0.4) is 0 Å². The molecule has 0 saturated carbocycles. The number of carbonyl (C=O) groups is 1. The van der Waals surface area contributed by atoms with Crippen LogP contribution in [0.4, 0.5) is 0 Å². The van der Waals surface area contributed by atoms with E-state index in [1.807, 2.05) is 6.92 Å². The number of likely N-dealkylation sites (tertiary alicyclic amines) is 1. The largest absolute Gasteiger partial charge is 0.377 e. The van der Waals surface area contributed by atoms with E-state index in [9.17, 15) is 4.79 Å².